The van der Waals surface area contributed by atoms with Gasteiger partial charge in [-0.2, -0.15) is 0 Å². The monoisotopic (exact) mass is 608 g/mol. The Morgan fingerprint density at radius 3 is 1.02 bits per heavy atom. The van der Waals surface area contributed by atoms with Crippen molar-refractivity contribution in [1.29, 1.82) is 0 Å². The fraction of sp³-hybridized carbons (Fsp3) is 0.912. The quantitative estimate of drug-likeness (QED) is 0.0380. The molecule has 0 aliphatic heterocycles. The van der Waals surface area contributed by atoms with Gasteiger partial charge in [-0.05, 0) is 19.3 Å². The molecule has 0 aromatic heterocycles. The van der Waals surface area contributed by atoms with E-state index < -0.39 is 36.4 Å². The van der Waals surface area contributed by atoms with Gasteiger partial charge in [0.25, 0.3) is 0 Å². The number of esters is 3. The van der Waals surface area contributed by atoms with Gasteiger partial charge in [0, 0.05) is 0 Å². The number of ether oxygens (including phenoxy) is 3. The second kappa shape index (κ2) is 31.8. The Kier molecular flexibility index (Phi) is 32.9. The average molecular weight is 609 g/mol. The average Bonchev–Trinajstić information content (AvgIpc) is 2.94. The maximum atomic E-state index is 12.8. The van der Waals surface area contributed by atoms with E-state index in [-0.39, 0.29) is 49.4 Å². The van der Waals surface area contributed by atoms with Crippen LogP contribution in [0.5, 0.6) is 0 Å². The van der Waals surface area contributed by atoms with E-state index in [0.29, 0.717) is 6.42 Å². The first kappa shape index (κ1) is 43.5. The number of hydrogen-bond acceptors (Lipinski definition) is 7. The number of aliphatic hydroxyl groups is 1. The number of unbranched alkanes of at least 4 members (excludes halogenated alkanes) is 19. The summed E-state index contributed by atoms with van der Waals surface area (Å²) < 4.78 is 15.9. The van der Waals surface area contributed by atoms with Crippen LogP contribution in [0.15, 0.2) is 0 Å². The van der Waals surface area contributed by atoms with Crippen molar-refractivity contribution in [2.75, 3.05) is 19.8 Å². The molecule has 1 unspecified atom stereocenters. The molecule has 42 heavy (non-hydrogen) atoms. The van der Waals surface area contributed by atoms with Gasteiger partial charge in [-0.1, -0.05) is 143 Å². The summed E-state index contributed by atoms with van der Waals surface area (Å²) in [6.07, 6.45) is 23.0. The van der Waals surface area contributed by atoms with Crippen molar-refractivity contribution in [2.45, 2.75) is 180 Å². The van der Waals surface area contributed by atoms with E-state index >= 15 is 0 Å². The van der Waals surface area contributed by atoms with Crippen LogP contribution >= 0.6 is 0 Å². The van der Waals surface area contributed by atoms with Gasteiger partial charge in [0.05, 0.1) is 32.7 Å². The molecule has 0 fully saturated rings. The van der Waals surface area contributed by atoms with Crippen LogP contribution in [0.2, 0.25) is 0 Å². The Hall–Kier alpha value is -0.630. The molecule has 0 aliphatic carbocycles. The van der Waals surface area contributed by atoms with Gasteiger partial charge in [-0.15, -0.1) is 0 Å². The van der Waals surface area contributed by atoms with Crippen molar-refractivity contribution in [3.63, 3.8) is 0 Å². The molecule has 0 saturated heterocycles. The van der Waals surface area contributed by atoms with Gasteiger partial charge >= 0.3 is 47.5 Å². The summed E-state index contributed by atoms with van der Waals surface area (Å²) in [5, 5.41) is 11.1. The Balaban J connectivity index is 0. The minimum absolute atomic E-state index is 0. The van der Waals surface area contributed by atoms with E-state index in [1.807, 2.05) is 0 Å². The van der Waals surface area contributed by atoms with E-state index in [1.165, 1.54) is 64.2 Å². The van der Waals surface area contributed by atoms with Gasteiger partial charge in [-0.25, -0.2) is 4.79 Å². The molecule has 7 nitrogen and oxygen atoms in total. The van der Waals surface area contributed by atoms with Gasteiger partial charge in [-0.3, -0.25) is 9.59 Å². The Bertz CT molecular complexity index is 643. The van der Waals surface area contributed by atoms with E-state index in [9.17, 15) is 19.5 Å². The molecule has 0 radical (unpaired) electrons. The molecule has 0 heterocycles. The topological polar surface area (TPSA) is 99.1 Å². The Morgan fingerprint density at radius 2 is 0.714 bits per heavy atom. The normalized spacial score (nSPS) is 12.3. The summed E-state index contributed by atoms with van der Waals surface area (Å²) in [6, 6.07) is 0. The Labute approximate surface area is 280 Å². The standard InChI is InChI=1S/C34H64O7.Na.H/c1-4-7-10-13-16-17-18-19-22-24-27-40-32(36)30-34(38,33(37)41-28-25-21-15-12-9-6-3)29-31(35)39-26-23-20-14-11-8-5-2;;/h38H,4-30H2,1-3H3;;. The zero-order valence-corrected chi connectivity index (χ0v) is 27.0. The predicted octanol–water partition coefficient (Wildman–Crippen LogP) is 8.12. The molecule has 0 aromatic rings. The third-order valence-corrected chi connectivity index (χ3v) is 7.51. The third-order valence-electron chi connectivity index (χ3n) is 7.51. The zero-order valence-electron chi connectivity index (χ0n) is 27.0. The van der Waals surface area contributed by atoms with Crippen LogP contribution < -0.4 is 0 Å². The third kappa shape index (κ3) is 27.0. The summed E-state index contributed by atoms with van der Waals surface area (Å²) in [7, 11) is 0. The fourth-order valence-electron chi connectivity index (χ4n) is 4.81. The molecule has 0 amide bonds. The minimum atomic E-state index is -2.28. The number of rotatable bonds is 30. The first-order chi connectivity index (χ1) is 19.9. The van der Waals surface area contributed by atoms with Crippen LogP contribution in [-0.4, -0.2) is 78.0 Å². The molecule has 0 aromatic carbocycles. The Morgan fingerprint density at radius 1 is 0.452 bits per heavy atom. The van der Waals surface area contributed by atoms with Crippen LogP contribution in [0.4, 0.5) is 0 Å². The van der Waals surface area contributed by atoms with Crippen LogP contribution in [0, 0.1) is 0 Å². The van der Waals surface area contributed by atoms with Gasteiger partial charge in [0.15, 0.2) is 5.60 Å². The molecular weight excluding hydrogens is 543 g/mol. The summed E-state index contributed by atoms with van der Waals surface area (Å²) >= 11 is 0. The van der Waals surface area contributed by atoms with Crippen molar-refractivity contribution in [1.82, 2.24) is 0 Å². The van der Waals surface area contributed by atoms with Gasteiger partial charge < -0.3 is 19.3 Å². The van der Waals surface area contributed by atoms with Crippen molar-refractivity contribution in [2.24, 2.45) is 0 Å². The second-order valence-corrected chi connectivity index (χ2v) is 11.7. The second-order valence-electron chi connectivity index (χ2n) is 11.7. The van der Waals surface area contributed by atoms with Gasteiger partial charge in [0.1, 0.15) is 0 Å². The zero-order chi connectivity index (χ0) is 30.4. The molecule has 244 valence electrons. The summed E-state index contributed by atoms with van der Waals surface area (Å²) in [5.41, 5.74) is -2.28. The molecule has 0 aliphatic rings. The van der Waals surface area contributed by atoms with Crippen LogP contribution in [0.3, 0.4) is 0 Å². The van der Waals surface area contributed by atoms with Crippen LogP contribution in [0.1, 0.15) is 175 Å². The van der Waals surface area contributed by atoms with E-state index in [2.05, 4.69) is 20.8 Å². The molecular formula is C34H65NaO7. The molecule has 0 bridgehead atoms. The molecule has 1 N–H and O–H groups in total. The first-order valence-corrected chi connectivity index (χ1v) is 17.1. The van der Waals surface area contributed by atoms with Crippen molar-refractivity contribution in [3.05, 3.63) is 0 Å². The van der Waals surface area contributed by atoms with Crippen molar-refractivity contribution < 1.29 is 33.7 Å². The fourth-order valence-corrected chi connectivity index (χ4v) is 4.81. The van der Waals surface area contributed by atoms with Crippen molar-refractivity contribution in [3.8, 4) is 0 Å². The predicted molar refractivity (Wildman–Crippen MR) is 173 cm³/mol. The van der Waals surface area contributed by atoms with Crippen LogP contribution in [0.25, 0.3) is 0 Å². The number of carbonyl (C=O) groups is 3. The van der Waals surface area contributed by atoms with Crippen LogP contribution in [-0.2, 0) is 28.6 Å². The van der Waals surface area contributed by atoms with E-state index in [1.54, 1.807) is 0 Å². The maximum absolute atomic E-state index is 12.8. The molecule has 0 rings (SSSR count). The summed E-state index contributed by atoms with van der Waals surface area (Å²) in [6.45, 7) is 7.16. The molecule has 8 heteroatoms. The molecule has 0 spiro atoms. The summed E-state index contributed by atoms with van der Waals surface area (Å²) in [5.74, 6) is -2.37. The van der Waals surface area contributed by atoms with Crippen molar-refractivity contribution >= 4 is 47.5 Å². The van der Waals surface area contributed by atoms with E-state index in [4.69, 9.17) is 14.2 Å². The van der Waals surface area contributed by atoms with Gasteiger partial charge in [0.2, 0.25) is 0 Å². The molecule has 1 atom stereocenters. The first-order valence-electron chi connectivity index (χ1n) is 17.1. The number of carbonyl (C=O) groups excluding carboxylic acids is 3. The SMILES string of the molecule is CCCCCCCCCCCCOC(=O)CC(O)(CC(=O)OCCCCCCCC)C(=O)OCCCCCCCC.[NaH]. The van der Waals surface area contributed by atoms with E-state index in [0.717, 1.165) is 70.6 Å². The molecule has 0 saturated carbocycles. The number of hydrogen-bond donors (Lipinski definition) is 1. The summed E-state index contributed by atoms with van der Waals surface area (Å²) in [4.78, 5) is 37.8.